The smallest absolute Gasteiger partial charge is 0.227 e. The van der Waals surface area contributed by atoms with E-state index in [1.54, 1.807) is 19.1 Å². The number of carbonyl (C=O) groups excluding carboxylic acids is 1. The second-order valence-electron chi connectivity index (χ2n) is 7.51. The van der Waals surface area contributed by atoms with E-state index < -0.39 is 0 Å². The van der Waals surface area contributed by atoms with Crippen molar-refractivity contribution in [2.24, 2.45) is 0 Å². The summed E-state index contributed by atoms with van der Waals surface area (Å²) in [5.74, 6) is 2.21. The maximum atomic E-state index is 12.7. The number of rotatable bonds is 7. The second-order valence-corrected chi connectivity index (χ2v) is 7.51. The highest BCUT2D eigenvalue weighted by Gasteiger charge is 2.32. The first-order valence-corrected chi connectivity index (χ1v) is 10.2. The molecule has 0 radical (unpaired) electrons. The van der Waals surface area contributed by atoms with Gasteiger partial charge in [-0.1, -0.05) is 30.3 Å². The minimum absolute atomic E-state index is 0.0634. The fourth-order valence-corrected chi connectivity index (χ4v) is 3.91. The van der Waals surface area contributed by atoms with Crippen LogP contribution >= 0.6 is 0 Å². The van der Waals surface area contributed by atoms with Crippen LogP contribution in [0.4, 0.5) is 11.4 Å². The molecule has 2 N–H and O–H groups in total. The average Bonchev–Trinajstić information content (AvgIpc) is 3.19. The van der Waals surface area contributed by atoms with Crippen LogP contribution in [-0.4, -0.2) is 26.7 Å². The van der Waals surface area contributed by atoms with E-state index in [4.69, 9.17) is 19.9 Å². The number of methoxy groups -OCH3 is 2. The second kappa shape index (κ2) is 9.00. The minimum atomic E-state index is 0.0634. The Balaban J connectivity index is 1.54. The van der Waals surface area contributed by atoms with E-state index in [-0.39, 0.29) is 11.8 Å². The number of benzene rings is 3. The molecule has 6 nitrogen and oxygen atoms in total. The van der Waals surface area contributed by atoms with E-state index >= 15 is 0 Å². The molecule has 1 aliphatic heterocycles. The van der Waals surface area contributed by atoms with Gasteiger partial charge in [0, 0.05) is 35.8 Å². The highest BCUT2D eigenvalue weighted by Crippen LogP contribution is 2.37. The summed E-state index contributed by atoms with van der Waals surface area (Å²) >= 11 is 0. The Morgan fingerprint density at radius 2 is 1.74 bits per heavy atom. The van der Waals surface area contributed by atoms with Gasteiger partial charge in [0.15, 0.2) is 11.5 Å². The molecule has 1 atom stereocenters. The lowest BCUT2D eigenvalue weighted by Gasteiger charge is -2.18. The van der Waals surface area contributed by atoms with Gasteiger partial charge in [-0.2, -0.15) is 0 Å². The Hall–Kier alpha value is -3.67. The first-order valence-electron chi connectivity index (χ1n) is 10.2. The van der Waals surface area contributed by atoms with E-state index in [1.807, 2.05) is 66.7 Å². The third-order valence-electron chi connectivity index (χ3n) is 5.54. The molecule has 1 amide bonds. The van der Waals surface area contributed by atoms with Crippen molar-refractivity contribution in [2.75, 3.05) is 31.4 Å². The first-order chi connectivity index (χ1) is 15.1. The molecule has 3 aromatic rings. The number of hydrogen-bond acceptors (Lipinski definition) is 5. The molecule has 4 rings (SSSR count). The fraction of sp³-hybridized carbons (Fsp3) is 0.240. The van der Waals surface area contributed by atoms with Crippen molar-refractivity contribution >= 4 is 17.3 Å². The Kier molecular flexibility index (Phi) is 5.98. The molecule has 0 spiro atoms. The van der Waals surface area contributed by atoms with Gasteiger partial charge in [0.2, 0.25) is 5.91 Å². The standard InChI is InChI=1S/C25H26N2O4/c1-29-22-9-4-3-6-18(22)16-31-24-12-17(10-11-23(24)30-2)19-13-25(28)27(15-19)21-8-5-7-20(26)14-21/h3-12,14,19H,13,15-16,26H2,1-2H3/t19-/m0/s1. The number of nitrogens with two attached hydrogens (primary N) is 1. The van der Waals surface area contributed by atoms with Crippen molar-refractivity contribution in [1.29, 1.82) is 0 Å². The summed E-state index contributed by atoms with van der Waals surface area (Å²) in [7, 11) is 3.26. The maximum Gasteiger partial charge on any atom is 0.227 e. The van der Waals surface area contributed by atoms with E-state index in [2.05, 4.69) is 0 Å². The van der Waals surface area contributed by atoms with E-state index in [1.165, 1.54) is 0 Å². The molecule has 160 valence electrons. The summed E-state index contributed by atoms with van der Waals surface area (Å²) < 4.78 is 17.0. The van der Waals surface area contributed by atoms with E-state index in [0.29, 0.717) is 36.8 Å². The largest absolute Gasteiger partial charge is 0.496 e. The summed E-state index contributed by atoms with van der Waals surface area (Å²) in [6.07, 6.45) is 0.438. The molecule has 3 aromatic carbocycles. The van der Waals surface area contributed by atoms with Gasteiger partial charge >= 0.3 is 0 Å². The van der Waals surface area contributed by atoms with Crippen molar-refractivity contribution in [3.63, 3.8) is 0 Å². The van der Waals surface area contributed by atoms with Crippen LogP contribution in [0.5, 0.6) is 17.2 Å². The third-order valence-corrected chi connectivity index (χ3v) is 5.54. The lowest BCUT2D eigenvalue weighted by molar-refractivity contribution is -0.117. The van der Waals surface area contributed by atoms with Gasteiger partial charge in [0.05, 0.1) is 14.2 Å². The van der Waals surface area contributed by atoms with Crippen molar-refractivity contribution < 1.29 is 19.0 Å². The van der Waals surface area contributed by atoms with Gasteiger partial charge < -0.3 is 24.8 Å². The molecule has 1 aliphatic rings. The van der Waals surface area contributed by atoms with Crippen LogP contribution in [0.2, 0.25) is 0 Å². The molecule has 1 fully saturated rings. The lowest BCUT2D eigenvalue weighted by atomic mass is 9.98. The Labute approximate surface area is 182 Å². The van der Waals surface area contributed by atoms with Gasteiger partial charge in [-0.05, 0) is 42.0 Å². The Bertz CT molecular complexity index is 1080. The van der Waals surface area contributed by atoms with Gasteiger partial charge in [-0.3, -0.25) is 4.79 Å². The summed E-state index contributed by atoms with van der Waals surface area (Å²) in [5, 5.41) is 0. The van der Waals surface area contributed by atoms with E-state index in [0.717, 1.165) is 22.6 Å². The van der Waals surface area contributed by atoms with Crippen LogP contribution in [0.15, 0.2) is 66.7 Å². The SMILES string of the molecule is COc1ccccc1COc1cc([C@H]2CC(=O)N(c3cccc(N)c3)C2)ccc1OC. The molecule has 1 saturated heterocycles. The number of ether oxygens (including phenoxy) is 3. The number of nitrogen functional groups attached to an aromatic ring is 1. The molecule has 0 bridgehead atoms. The van der Waals surface area contributed by atoms with Crippen LogP contribution in [0.25, 0.3) is 0 Å². The summed E-state index contributed by atoms with van der Waals surface area (Å²) in [6, 6.07) is 21.0. The van der Waals surface area contributed by atoms with Gasteiger partial charge in [0.25, 0.3) is 0 Å². The Morgan fingerprint density at radius 3 is 2.52 bits per heavy atom. The molecule has 0 saturated carbocycles. The molecular formula is C25H26N2O4. The van der Waals surface area contributed by atoms with Crippen LogP contribution in [-0.2, 0) is 11.4 Å². The van der Waals surface area contributed by atoms with E-state index in [9.17, 15) is 4.79 Å². The van der Waals surface area contributed by atoms with Crippen molar-refractivity contribution in [2.45, 2.75) is 18.9 Å². The Morgan fingerprint density at radius 1 is 0.935 bits per heavy atom. The lowest BCUT2D eigenvalue weighted by Crippen LogP contribution is -2.24. The normalized spacial score (nSPS) is 15.7. The zero-order chi connectivity index (χ0) is 21.8. The molecular weight excluding hydrogens is 392 g/mol. The molecule has 0 aromatic heterocycles. The average molecular weight is 418 g/mol. The van der Waals surface area contributed by atoms with Crippen molar-refractivity contribution in [1.82, 2.24) is 0 Å². The molecule has 0 aliphatic carbocycles. The van der Waals surface area contributed by atoms with Crippen LogP contribution in [0.1, 0.15) is 23.5 Å². The monoisotopic (exact) mass is 418 g/mol. The third kappa shape index (κ3) is 4.43. The van der Waals surface area contributed by atoms with Crippen LogP contribution in [0, 0.1) is 0 Å². The van der Waals surface area contributed by atoms with Crippen molar-refractivity contribution in [3.8, 4) is 17.2 Å². The molecule has 6 heteroatoms. The molecule has 0 unspecified atom stereocenters. The molecule has 31 heavy (non-hydrogen) atoms. The zero-order valence-electron chi connectivity index (χ0n) is 17.7. The quantitative estimate of drug-likeness (QED) is 0.576. The predicted molar refractivity (Wildman–Crippen MR) is 121 cm³/mol. The maximum absolute atomic E-state index is 12.7. The van der Waals surface area contributed by atoms with Crippen LogP contribution < -0.4 is 24.8 Å². The summed E-state index contributed by atoms with van der Waals surface area (Å²) in [5.41, 5.74) is 9.35. The minimum Gasteiger partial charge on any atom is -0.496 e. The van der Waals surface area contributed by atoms with Gasteiger partial charge in [-0.25, -0.2) is 0 Å². The predicted octanol–water partition coefficient (Wildman–Crippen LogP) is 4.39. The summed E-state index contributed by atoms with van der Waals surface area (Å²) in [4.78, 5) is 14.5. The van der Waals surface area contributed by atoms with Crippen molar-refractivity contribution in [3.05, 3.63) is 77.9 Å². The first kappa shape index (κ1) is 20.6. The number of amides is 1. The fourth-order valence-electron chi connectivity index (χ4n) is 3.91. The number of nitrogens with zero attached hydrogens (tertiary/aromatic N) is 1. The number of hydrogen-bond donors (Lipinski definition) is 1. The number of anilines is 2. The molecule has 1 heterocycles. The summed E-state index contributed by atoms with van der Waals surface area (Å²) in [6.45, 7) is 0.948. The number of para-hydroxylation sites is 1. The number of carbonyl (C=O) groups is 1. The zero-order valence-corrected chi connectivity index (χ0v) is 17.7. The highest BCUT2D eigenvalue weighted by molar-refractivity contribution is 5.96. The van der Waals surface area contributed by atoms with Gasteiger partial charge in [0.1, 0.15) is 12.4 Å². The van der Waals surface area contributed by atoms with Crippen LogP contribution in [0.3, 0.4) is 0 Å². The van der Waals surface area contributed by atoms with Gasteiger partial charge in [-0.15, -0.1) is 0 Å². The topological polar surface area (TPSA) is 74.0 Å². The highest BCUT2D eigenvalue weighted by atomic mass is 16.5.